The molecule has 2 aliphatic rings. The van der Waals surface area contributed by atoms with Gasteiger partial charge < -0.3 is 9.31 Å². The van der Waals surface area contributed by atoms with Gasteiger partial charge in [-0.2, -0.15) is 5.06 Å². The lowest BCUT2D eigenvalue weighted by atomic mass is 9.75. The Morgan fingerprint density at radius 1 is 1.18 bits per heavy atom. The van der Waals surface area contributed by atoms with Gasteiger partial charge in [-0.1, -0.05) is 25.7 Å². The van der Waals surface area contributed by atoms with E-state index in [0.717, 1.165) is 26.1 Å². The standard InChI is InChI=1S/C16H32BNO3Si/c1-15(2)16(3,4)21-17(20-15)14-8-10-18(11-9-14)19-12-13-22(5,6)7/h8H,9-13H2,1-7H3. The van der Waals surface area contributed by atoms with Crippen LogP contribution in [-0.4, -0.2) is 51.2 Å². The molecule has 0 saturated carbocycles. The van der Waals surface area contributed by atoms with Crippen molar-refractivity contribution in [2.75, 3.05) is 19.7 Å². The van der Waals surface area contributed by atoms with Gasteiger partial charge in [-0.05, 0) is 45.6 Å². The van der Waals surface area contributed by atoms with Crippen LogP contribution in [0.2, 0.25) is 25.7 Å². The van der Waals surface area contributed by atoms with E-state index in [1.165, 1.54) is 11.5 Å². The molecule has 4 nitrogen and oxygen atoms in total. The lowest BCUT2D eigenvalue weighted by molar-refractivity contribution is -0.148. The highest BCUT2D eigenvalue weighted by molar-refractivity contribution is 6.76. The van der Waals surface area contributed by atoms with E-state index in [1.807, 2.05) is 0 Å². The summed E-state index contributed by atoms with van der Waals surface area (Å²) in [5.74, 6) is 0. The van der Waals surface area contributed by atoms with Crippen molar-refractivity contribution in [3.63, 3.8) is 0 Å². The van der Waals surface area contributed by atoms with E-state index in [-0.39, 0.29) is 18.3 Å². The van der Waals surface area contributed by atoms with Gasteiger partial charge in [0.15, 0.2) is 0 Å². The van der Waals surface area contributed by atoms with Gasteiger partial charge in [-0.3, -0.25) is 4.84 Å². The van der Waals surface area contributed by atoms with Crippen molar-refractivity contribution < 1.29 is 14.1 Å². The Hall–Kier alpha value is -0.138. The quantitative estimate of drug-likeness (QED) is 0.724. The topological polar surface area (TPSA) is 30.9 Å². The molecule has 0 aliphatic carbocycles. The summed E-state index contributed by atoms with van der Waals surface area (Å²) >= 11 is 0. The van der Waals surface area contributed by atoms with Crippen LogP contribution in [0.1, 0.15) is 34.1 Å². The average Bonchev–Trinajstić information content (AvgIpc) is 2.58. The Labute approximate surface area is 137 Å². The van der Waals surface area contributed by atoms with Crippen molar-refractivity contribution in [1.29, 1.82) is 0 Å². The molecule has 0 aromatic carbocycles. The molecular formula is C16H32BNO3Si. The summed E-state index contributed by atoms with van der Waals surface area (Å²) in [6, 6.07) is 1.21. The van der Waals surface area contributed by atoms with E-state index in [0.29, 0.717) is 0 Å². The van der Waals surface area contributed by atoms with Crippen molar-refractivity contribution in [1.82, 2.24) is 5.06 Å². The number of hydrogen-bond acceptors (Lipinski definition) is 4. The molecule has 2 heterocycles. The smallest absolute Gasteiger partial charge is 0.400 e. The molecule has 1 saturated heterocycles. The first-order valence-electron chi connectivity index (χ1n) is 8.43. The lowest BCUT2D eigenvalue weighted by Crippen LogP contribution is -2.41. The zero-order valence-corrected chi connectivity index (χ0v) is 16.4. The Morgan fingerprint density at radius 3 is 2.23 bits per heavy atom. The Bertz CT molecular complexity index is 416. The maximum atomic E-state index is 6.12. The fourth-order valence-electron chi connectivity index (χ4n) is 2.47. The minimum absolute atomic E-state index is 0.200. The molecule has 0 aromatic rings. The highest BCUT2D eigenvalue weighted by Crippen LogP contribution is 2.39. The van der Waals surface area contributed by atoms with Crippen LogP contribution < -0.4 is 0 Å². The van der Waals surface area contributed by atoms with Crippen molar-refractivity contribution in [3.05, 3.63) is 11.5 Å². The first kappa shape index (κ1) is 18.2. The van der Waals surface area contributed by atoms with E-state index in [1.54, 1.807) is 0 Å². The van der Waals surface area contributed by atoms with Gasteiger partial charge in [-0.15, -0.1) is 0 Å². The molecule has 6 heteroatoms. The third kappa shape index (κ3) is 4.45. The Morgan fingerprint density at radius 2 is 1.77 bits per heavy atom. The summed E-state index contributed by atoms with van der Waals surface area (Å²) in [6.45, 7) is 18.1. The molecule has 0 atom stereocenters. The minimum atomic E-state index is -1.02. The summed E-state index contributed by atoms with van der Waals surface area (Å²) in [7, 11) is -1.22. The molecule has 0 unspecified atom stereocenters. The zero-order chi connectivity index (χ0) is 16.6. The maximum Gasteiger partial charge on any atom is 0.490 e. The minimum Gasteiger partial charge on any atom is -0.400 e. The molecule has 0 amide bonds. The van der Waals surface area contributed by atoms with Crippen LogP contribution in [0.4, 0.5) is 0 Å². The molecule has 126 valence electrons. The van der Waals surface area contributed by atoms with Gasteiger partial charge in [-0.25, -0.2) is 0 Å². The van der Waals surface area contributed by atoms with Crippen molar-refractivity contribution in [2.24, 2.45) is 0 Å². The fraction of sp³-hybridized carbons (Fsp3) is 0.875. The molecular weight excluding hydrogens is 293 g/mol. The fourth-order valence-corrected chi connectivity index (χ4v) is 3.18. The maximum absolute atomic E-state index is 6.12. The van der Waals surface area contributed by atoms with E-state index in [9.17, 15) is 0 Å². The van der Waals surface area contributed by atoms with E-state index < -0.39 is 8.07 Å². The highest BCUT2D eigenvalue weighted by Gasteiger charge is 2.52. The first-order chi connectivity index (χ1) is 10.0. The Kier molecular flexibility index (Phi) is 5.30. The molecule has 1 fully saturated rings. The van der Waals surface area contributed by atoms with Gasteiger partial charge in [0.2, 0.25) is 0 Å². The van der Waals surface area contributed by atoms with Crippen LogP contribution in [-0.2, 0) is 14.1 Å². The van der Waals surface area contributed by atoms with Crippen molar-refractivity contribution in [3.8, 4) is 0 Å². The SMILES string of the molecule is CC1(C)OB(C2=CCN(OCC[Si](C)(C)C)CC2)OC1(C)C. The molecule has 22 heavy (non-hydrogen) atoms. The number of rotatable bonds is 5. The largest absolute Gasteiger partial charge is 0.490 e. The molecule has 0 N–H and O–H groups in total. The lowest BCUT2D eigenvalue weighted by Gasteiger charge is -2.32. The summed E-state index contributed by atoms with van der Waals surface area (Å²) < 4.78 is 12.2. The molecule has 0 spiro atoms. The van der Waals surface area contributed by atoms with Gasteiger partial charge >= 0.3 is 7.12 Å². The van der Waals surface area contributed by atoms with Crippen LogP contribution >= 0.6 is 0 Å². The van der Waals surface area contributed by atoms with Gasteiger partial charge in [0.05, 0.1) is 17.8 Å². The van der Waals surface area contributed by atoms with Crippen LogP contribution in [0, 0.1) is 0 Å². The van der Waals surface area contributed by atoms with Crippen LogP contribution in [0.5, 0.6) is 0 Å². The van der Waals surface area contributed by atoms with Gasteiger partial charge in [0.25, 0.3) is 0 Å². The highest BCUT2D eigenvalue weighted by atomic mass is 28.3. The average molecular weight is 325 g/mol. The molecule has 0 bridgehead atoms. The number of nitrogens with zero attached hydrogens (tertiary/aromatic N) is 1. The summed E-state index contributed by atoms with van der Waals surface area (Å²) in [6.07, 6.45) is 3.16. The van der Waals surface area contributed by atoms with Crippen molar-refractivity contribution >= 4 is 15.2 Å². The van der Waals surface area contributed by atoms with Gasteiger partial charge in [0, 0.05) is 21.2 Å². The second-order valence-corrected chi connectivity index (χ2v) is 14.3. The predicted octanol–water partition coefficient (Wildman–Crippen LogP) is 3.52. The second-order valence-electron chi connectivity index (χ2n) is 8.65. The van der Waals surface area contributed by atoms with E-state index >= 15 is 0 Å². The summed E-state index contributed by atoms with van der Waals surface area (Å²) in [4.78, 5) is 5.89. The molecule has 0 aromatic heterocycles. The monoisotopic (exact) mass is 325 g/mol. The summed E-state index contributed by atoms with van der Waals surface area (Å²) in [5.41, 5.74) is 0.733. The zero-order valence-electron chi connectivity index (χ0n) is 15.4. The Balaban J connectivity index is 1.83. The van der Waals surface area contributed by atoms with Crippen molar-refractivity contribution in [2.45, 2.75) is 71.0 Å². The van der Waals surface area contributed by atoms with Crippen LogP contribution in [0.25, 0.3) is 0 Å². The second kappa shape index (κ2) is 6.40. The molecule has 2 aliphatic heterocycles. The summed E-state index contributed by atoms with van der Waals surface area (Å²) in [5, 5.41) is 2.06. The van der Waals surface area contributed by atoms with E-state index in [2.05, 4.69) is 58.5 Å². The number of hydrogen-bond donors (Lipinski definition) is 0. The van der Waals surface area contributed by atoms with E-state index in [4.69, 9.17) is 14.1 Å². The predicted molar refractivity (Wildman–Crippen MR) is 94.5 cm³/mol. The normalized spacial score (nSPS) is 25.4. The number of hydroxylamine groups is 2. The van der Waals surface area contributed by atoms with Gasteiger partial charge in [0.1, 0.15) is 0 Å². The third-order valence-electron chi connectivity index (χ3n) is 4.89. The van der Waals surface area contributed by atoms with Crippen LogP contribution in [0.3, 0.4) is 0 Å². The first-order valence-corrected chi connectivity index (χ1v) is 12.1. The third-order valence-corrected chi connectivity index (χ3v) is 6.59. The molecule has 2 rings (SSSR count). The van der Waals surface area contributed by atoms with Crippen LogP contribution in [0.15, 0.2) is 11.5 Å². The molecule has 0 radical (unpaired) electrons.